The van der Waals surface area contributed by atoms with E-state index >= 15 is 0 Å². The Bertz CT molecular complexity index is 2440. The molecule has 270 valence electrons. The van der Waals surface area contributed by atoms with Gasteiger partial charge in [-0.15, -0.1) is 0 Å². The fourth-order valence-electron chi connectivity index (χ4n) is 7.70. The van der Waals surface area contributed by atoms with E-state index in [1.807, 2.05) is 30.3 Å². The summed E-state index contributed by atoms with van der Waals surface area (Å²) in [4.78, 5) is 26.8. The molecule has 0 saturated carbocycles. The van der Waals surface area contributed by atoms with Gasteiger partial charge in [-0.2, -0.15) is 0 Å². The lowest BCUT2D eigenvalue weighted by Crippen LogP contribution is -2.65. The highest BCUT2D eigenvalue weighted by Gasteiger charge is 2.55. The molecule has 3 fully saturated rings. The molecule has 4 aromatic carbocycles. The van der Waals surface area contributed by atoms with Crippen molar-refractivity contribution < 1.29 is 57.7 Å². The number of phenols is 1. The number of ether oxygens (including phenoxy) is 6. The predicted molar refractivity (Wildman–Crippen MR) is 180 cm³/mol. The van der Waals surface area contributed by atoms with Gasteiger partial charge >= 0.3 is 11.3 Å². The van der Waals surface area contributed by atoms with Gasteiger partial charge in [-0.1, -0.05) is 54.6 Å². The summed E-state index contributed by atoms with van der Waals surface area (Å²) < 4.78 is 49.2. The molecule has 0 radical (unpaired) electrons. The van der Waals surface area contributed by atoms with Crippen molar-refractivity contribution in [2.75, 3.05) is 0 Å². The topological polar surface area (TPSA) is 200 Å². The molecule has 6 unspecified atom stereocenters. The number of fused-ring (bicyclic) bond motifs is 3. The highest BCUT2D eigenvalue weighted by Crippen LogP contribution is 2.47. The molecule has 6 aromatic rings. The van der Waals surface area contributed by atoms with Gasteiger partial charge in [-0.3, -0.25) is 0 Å². The van der Waals surface area contributed by atoms with Gasteiger partial charge in [-0.25, -0.2) is 9.59 Å². The maximum atomic E-state index is 13.5. The van der Waals surface area contributed by atoms with E-state index in [0.29, 0.717) is 10.9 Å². The van der Waals surface area contributed by atoms with Gasteiger partial charge in [0, 0.05) is 21.7 Å². The van der Waals surface area contributed by atoms with E-state index in [0.717, 1.165) is 5.56 Å². The van der Waals surface area contributed by atoms with E-state index in [1.165, 1.54) is 13.0 Å². The monoisotopic (exact) mass is 713 g/mol. The second-order valence-corrected chi connectivity index (χ2v) is 13.5. The lowest BCUT2D eigenvalue weighted by molar-refractivity contribution is -0.490. The second kappa shape index (κ2) is 12.2. The molecular formula is C38H33O14-. The molecule has 14 nitrogen and oxygen atoms in total. The number of aliphatic hydroxyl groups is 2. The number of aryl methyl sites for hydroxylation is 1. The van der Waals surface area contributed by atoms with E-state index in [-0.39, 0.29) is 43.8 Å². The molecule has 3 aliphatic heterocycles. The summed E-state index contributed by atoms with van der Waals surface area (Å²) in [5.41, 5.74) is -0.0662. The lowest BCUT2D eigenvalue weighted by atomic mass is 9.95. The first-order valence-electron chi connectivity index (χ1n) is 16.9. The van der Waals surface area contributed by atoms with Gasteiger partial charge in [0.15, 0.2) is 24.3 Å². The summed E-state index contributed by atoms with van der Waals surface area (Å²) >= 11 is 0. The first-order valence-corrected chi connectivity index (χ1v) is 16.9. The quantitative estimate of drug-likeness (QED) is 0.134. The lowest BCUT2D eigenvalue weighted by Gasteiger charge is -2.48. The number of benzene rings is 4. The summed E-state index contributed by atoms with van der Waals surface area (Å²) in [5, 5.41) is 46.4. The van der Waals surface area contributed by atoms with E-state index in [1.54, 1.807) is 38.1 Å². The third-order valence-electron chi connectivity index (χ3n) is 10.3. The van der Waals surface area contributed by atoms with Crippen LogP contribution in [0.25, 0.3) is 43.5 Å². The zero-order chi connectivity index (χ0) is 36.2. The van der Waals surface area contributed by atoms with E-state index in [9.17, 15) is 30.0 Å². The molecule has 3 saturated heterocycles. The standard InChI is InChI=1S/C38H33O14/c1-14-12-13-20-23-21(14)34(43)49-31-22-18(27(40)25(24(23)31)35(44)47-20)10-7-11-19(22)48-38-33(52-37-29(42)28(41)26(39)15(2)45-37)32-30(16(3)46-38)50-36(51-32)17-8-5-4-6-9-17/h4-13,15-16,26,28-30,32-33,36-40,42H,1-3H3/q-1/t15?,16-,26-,28?,29?,30+,32?,33?,36?,37-,38+/m0/s1. The first-order chi connectivity index (χ1) is 25.0. The molecule has 2 aromatic heterocycles. The average Bonchev–Trinajstić information content (AvgIpc) is 3.59. The van der Waals surface area contributed by atoms with Crippen molar-refractivity contribution in [2.24, 2.45) is 0 Å². The number of hydrogen-bond donors (Lipinski definition) is 3. The molecule has 0 bridgehead atoms. The van der Waals surface area contributed by atoms with Crippen molar-refractivity contribution in [3.63, 3.8) is 0 Å². The van der Waals surface area contributed by atoms with Crippen molar-refractivity contribution in [3.8, 4) is 11.5 Å². The summed E-state index contributed by atoms with van der Waals surface area (Å²) in [6.45, 7) is 4.98. The molecule has 0 aliphatic carbocycles. The Morgan fingerprint density at radius 2 is 1.44 bits per heavy atom. The fraction of sp³-hybridized carbons (Fsp3) is 0.368. The maximum absolute atomic E-state index is 13.5. The minimum absolute atomic E-state index is 0.0220. The van der Waals surface area contributed by atoms with Crippen molar-refractivity contribution in [1.82, 2.24) is 0 Å². The van der Waals surface area contributed by atoms with E-state index in [4.69, 9.17) is 37.3 Å². The Hall–Kier alpha value is -4.64. The maximum Gasteiger partial charge on any atom is 0.348 e. The van der Waals surface area contributed by atoms with Crippen LogP contribution in [0.15, 0.2) is 79.1 Å². The van der Waals surface area contributed by atoms with Crippen LogP contribution in [-0.4, -0.2) is 76.7 Å². The molecule has 52 heavy (non-hydrogen) atoms. The Morgan fingerprint density at radius 1 is 0.712 bits per heavy atom. The number of phenolic OH excluding ortho intramolecular Hbond substituents is 1. The van der Waals surface area contributed by atoms with Crippen molar-refractivity contribution >= 4 is 43.5 Å². The van der Waals surface area contributed by atoms with Crippen LogP contribution >= 0.6 is 0 Å². The summed E-state index contributed by atoms with van der Waals surface area (Å²) in [7, 11) is 0. The van der Waals surface area contributed by atoms with Crippen LogP contribution in [0.2, 0.25) is 0 Å². The minimum Gasteiger partial charge on any atom is -0.848 e. The Morgan fingerprint density at radius 3 is 2.23 bits per heavy atom. The number of hydrogen-bond acceptors (Lipinski definition) is 14. The predicted octanol–water partition coefficient (Wildman–Crippen LogP) is 2.84. The zero-order valence-electron chi connectivity index (χ0n) is 28.0. The van der Waals surface area contributed by atoms with Crippen molar-refractivity contribution in [3.05, 3.63) is 92.6 Å². The Labute approximate surface area is 293 Å². The van der Waals surface area contributed by atoms with Crippen LogP contribution in [0.4, 0.5) is 0 Å². The van der Waals surface area contributed by atoms with E-state index in [2.05, 4.69) is 0 Å². The SMILES string of the molecule is Cc1ccc2oc(=O)c3c(O)c4cccc(O[C@H]5O[C@@H](C)[C@H]6OC(c7ccccc7)OC6C5O[C@@H]5OC(C)[C@H](O)C([O-])C5O)c4c4oc(=O)c1c2c34. The number of aliphatic hydroxyl groups excluding tert-OH is 2. The highest BCUT2D eigenvalue weighted by atomic mass is 16.8. The number of rotatable bonds is 5. The minimum atomic E-state index is -1.83. The van der Waals surface area contributed by atoms with E-state index < -0.39 is 84.7 Å². The van der Waals surface area contributed by atoms with Crippen molar-refractivity contribution in [2.45, 2.75) is 88.5 Å². The molecular weight excluding hydrogens is 680 g/mol. The van der Waals surface area contributed by atoms with Crippen LogP contribution < -0.4 is 21.1 Å². The fourth-order valence-corrected chi connectivity index (χ4v) is 7.70. The second-order valence-electron chi connectivity index (χ2n) is 13.5. The molecule has 5 heterocycles. The first kappa shape index (κ1) is 33.2. The van der Waals surface area contributed by atoms with Crippen LogP contribution in [0.1, 0.15) is 31.3 Å². The molecule has 3 aliphatic rings. The van der Waals surface area contributed by atoms with Gasteiger partial charge in [0.05, 0.1) is 35.2 Å². The summed E-state index contributed by atoms with van der Waals surface area (Å²) in [6.07, 6.45) is -13.1. The van der Waals surface area contributed by atoms with Crippen LogP contribution in [-0.2, 0) is 23.7 Å². The summed E-state index contributed by atoms with van der Waals surface area (Å²) in [5.74, 6) is -0.328. The Kier molecular flexibility index (Phi) is 7.80. The smallest absolute Gasteiger partial charge is 0.348 e. The molecule has 3 N–H and O–H groups in total. The third-order valence-corrected chi connectivity index (χ3v) is 10.3. The highest BCUT2D eigenvalue weighted by molar-refractivity contribution is 6.28. The zero-order valence-corrected chi connectivity index (χ0v) is 28.0. The summed E-state index contributed by atoms with van der Waals surface area (Å²) in [6, 6.07) is 17.1. The molecule has 0 amide bonds. The molecule has 9 rings (SSSR count). The van der Waals surface area contributed by atoms with Gasteiger partial charge in [0.2, 0.25) is 6.29 Å². The normalized spacial score (nSPS) is 32.2. The molecule has 14 heteroatoms. The van der Waals surface area contributed by atoms with Crippen molar-refractivity contribution in [1.29, 1.82) is 0 Å². The van der Waals surface area contributed by atoms with Crippen LogP contribution in [0.5, 0.6) is 11.5 Å². The molecule has 0 spiro atoms. The van der Waals surface area contributed by atoms with Gasteiger partial charge < -0.3 is 57.7 Å². The average molecular weight is 714 g/mol. The molecule has 11 atom stereocenters. The van der Waals surface area contributed by atoms with Gasteiger partial charge in [0.25, 0.3) is 0 Å². The van der Waals surface area contributed by atoms with Gasteiger partial charge in [-0.05, 0) is 38.5 Å². The van der Waals surface area contributed by atoms with Crippen LogP contribution in [0, 0.1) is 6.92 Å². The van der Waals surface area contributed by atoms with Crippen LogP contribution in [0.3, 0.4) is 0 Å². The largest absolute Gasteiger partial charge is 0.848 e. The third kappa shape index (κ3) is 4.94. The number of aromatic hydroxyl groups is 1. The van der Waals surface area contributed by atoms with Gasteiger partial charge in [0.1, 0.15) is 34.7 Å². The Balaban J connectivity index is 1.19.